The second-order valence-corrected chi connectivity index (χ2v) is 8.40. The number of phenolic OH excluding ortho intramolecular Hbond substituents is 1. The Morgan fingerprint density at radius 3 is 1.78 bits per heavy atom. The van der Waals surface area contributed by atoms with Gasteiger partial charge in [0.25, 0.3) is 11.4 Å². The second-order valence-electron chi connectivity index (χ2n) is 8.40. The maximum absolute atomic E-state index is 10.4. The Labute approximate surface area is 209 Å². The summed E-state index contributed by atoms with van der Waals surface area (Å²) >= 11 is 0. The van der Waals surface area contributed by atoms with Gasteiger partial charge < -0.3 is 5.11 Å². The molecule has 0 amide bonds. The minimum Gasteiger partial charge on any atom is -0.497 e. The highest BCUT2D eigenvalue weighted by Gasteiger charge is 2.30. The molecule has 0 fully saturated rings. The Hall–Kier alpha value is -5.12. The highest BCUT2D eigenvalue weighted by Crippen LogP contribution is 2.39. The van der Waals surface area contributed by atoms with E-state index >= 15 is 0 Å². The standard InChI is InChI=1S/C21H18.C6H3N3O7/c1-3-18-14(2)8-10-20-19(18)11-9-17-12-15-6-4-5-7-16(15)13-21(17)20;10-6-4(8(13)14)1-3(7(11)12)2-5(6)9(15)16/h4-13H,3H2,1-2H3;1-2,10H. The lowest BCUT2D eigenvalue weighted by atomic mass is 9.93. The quantitative estimate of drug-likeness (QED) is 0.119. The van der Waals surface area contributed by atoms with Crippen LogP contribution in [-0.4, -0.2) is 19.9 Å². The molecule has 37 heavy (non-hydrogen) atoms. The van der Waals surface area contributed by atoms with Crippen LogP contribution in [0.3, 0.4) is 0 Å². The smallest absolute Gasteiger partial charge is 0.324 e. The van der Waals surface area contributed by atoms with E-state index in [1.54, 1.807) is 0 Å². The molecule has 0 spiro atoms. The molecule has 1 N–H and O–H groups in total. The predicted molar refractivity (Wildman–Crippen MR) is 141 cm³/mol. The van der Waals surface area contributed by atoms with E-state index in [1.165, 1.54) is 43.4 Å². The van der Waals surface area contributed by atoms with Crippen LogP contribution in [0, 0.1) is 37.3 Å². The van der Waals surface area contributed by atoms with Crippen LogP contribution in [0.15, 0.2) is 72.8 Å². The van der Waals surface area contributed by atoms with Crippen LogP contribution >= 0.6 is 0 Å². The molecule has 0 atom stereocenters. The first kappa shape index (κ1) is 25.0. The summed E-state index contributed by atoms with van der Waals surface area (Å²) in [5, 5.41) is 48.3. The lowest BCUT2D eigenvalue weighted by Crippen LogP contribution is -1.97. The van der Waals surface area contributed by atoms with Gasteiger partial charge in [-0.15, -0.1) is 0 Å². The molecule has 0 radical (unpaired) electrons. The van der Waals surface area contributed by atoms with Crippen LogP contribution in [0.25, 0.3) is 32.3 Å². The largest absolute Gasteiger partial charge is 0.497 e. The summed E-state index contributed by atoms with van der Waals surface area (Å²) in [6.45, 7) is 4.45. The Bertz CT molecular complexity index is 1700. The lowest BCUT2D eigenvalue weighted by Gasteiger charge is -2.11. The second kappa shape index (κ2) is 9.86. The number of fused-ring (bicyclic) bond motifs is 4. The van der Waals surface area contributed by atoms with Crippen molar-refractivity contribution in [2.75, 3.05) is 0 Å². The zero-order valence-electron chi connectivity index (χ0n) is 19.9. The Morgan fingerprint density at radius 1 is 0.676 bits per heavy atom. The zero-order chi connectivity index (χ0) is 26.9. The highest BCUT2D eigenvalue weighted by atomic mass is 16.6. The molecule has 10 nitrogen and oxygen atoms in total. The minimum atomic E-state index is -1.21. The van der Waals surface area contributed by atoms with Crippen LogP contribution in [0.5, 0.6) is 5.75 Å². The molecule has 0 aliphatic carbocycles. The first-order chi connectivity index (χ1) is 17.6. The third-order valence-corrected chi connectivity index (χ3v) is 6.24. The van der Waals surface area contributed by atoms with Crippen molar-refractivity contribution in [3.63, 3.8) is 0 Å². The number of aryl methyl sites for hydroxylation is 2. The summed E-state index contributed by atoms with van der Waals surface area (Å²) in [5.41, 5.74) is -0.134. The van der Waals surface area contributed by atoms with Crippen LogP contribution < -0.4 is 0 Å². The van der Waals surface area contributed by atoms with Crippen LogP contribution in [0.2, 0.25) is 0 Å². The number of hydrogen-bond acceptors (Lipinski definition) is 7. The van der Waals surface area contributed by atoms with E-state index in [0.29, 0.717) is 12.1 Å². The molecule has 5 aromatic rings. The molecule has 0 aliphatic heterocycles. The summed E-state index contributed by atoms with van der Waals surface area (Å²) in [6.07, 6.45) is 1.09. The van der Waals surface area contributed by atoms with Gasteiger partial charge in [0.1, 0.15) is 0 Å². The molecule has 186 valence electrons. The third-order valence-electron chi connectivity index (χ3n) is 6.24. The van der Waals surface area contributed by atoms with Gasteiger partial charge in [0.05, 0.1) is 26.9 Å². The highest BCUT2D eigenvalue weighted by molar-refractivity contribution is 6.12. The van der Waals surface area contributed by atoms with Crippen molar-refractivity contribution in [1.82, 2.24) is 0 Å². The molecule has 0 aromatic heterocycles. The van der Waals surface area contributed by atoms with Crippen molar-refractivity contribution in [1.29, 1.82) is 0 Å². The van der Waals surface area contributed by atoms with Crippen LogP contribution in [-0.2, 0) is 6.42 Å². The SMILES string of the molecule is CCc1c(C)ccc2c1ccc1cc3ccccc3cc12.O=[N+]([O-])c1cc([N+](=O)[O-])c(O)c([N+](=O)[O-])c1. The van der Waals surface area contributed by atoms with Crippen molar-refractivity contribution in [3.8, 4) is 5.75 Å². The van der Waals surface area contributed by atoms with Crippen molar-refractivity contribution in [3.05, 3.63) is 114 Å². The maximum atomic E-state index is 10.4. The maximum Gasteiger partial charge on any atom is 0.324 e. The van der Waals surface area contributed by atoms with E-state index in [4.69, 9.17) is 5.11 Å². The number of non-ortho nitro benzene ring substituents is 1. The van der Waals surface area contributed by atoms with Gasteiger partial charge in [-0.2, -0.15) is 0 Å². The predicted octanol–water partition coefficient (Wildman–Crippen LogP) is 7.13. The van der Waals surface area contributed by atoms with E-state index in [2.05, 4.69) is 74.5 Å². The monoisotopic (exact) mass is 499 g/mol. The van der Waals surface area contributed by atoms with Crippen LogP contribution in [0.4, 0.5) is 17.1 Å². The molecular formula is C27H21N3O7. The van der Waals surface area contributed by atoms with E-state index < -0.39 is 37.6 Å². The fourth-order valence-electron chi connectivity index (χ4n) is 4.44. The van der Waals surface area contributed by atoms with Crippen molar-refractivity contribution in [2.24, 2.45) is 0 Å². The van der Waals surface area contributed by atoms with E-state index in [-0.39, 0.29) is 0 Å². The topological polar surface area (TPSA) is 150 Å². The summed E-state index contributed by atoms with van der Waals surface area (Å²) in [6, 6.07) is 23.2. The number of nitrogens with zero attached hydrogens (tertiary/aromatic N) is 3. The fraction of sp³-hybridized carbons (Fsp3) is 0.111. The number of benzene rings is 5. The van der Waals surface area contributed by atoms with Gasteiger partial charge in [-0.3, -0.25) is 30.3 Å². The van der Waals surface area contributed by atoms with E-state index in [1.807, 2.05) is 0 Å². The molecule has 0 heterocycles. The number of hydrogen-bond donors (Lipinski definition) is 1. The lowest BCUT2D eigenvalue weighted by molar-refractivity contribution is -0.404. The summed E-state index contributed by atoms with van der Waals surface area (Å²) < 4.78 is 0. The Kier molecular flexibility index (Phi) is 6.66. The Balaban J connectivity index is 0.000000181. The van der Waals surface area contributed by atoms with E-state index in [0.717, 1.165) is 6.42 Å². The first-order valence-electron chi connectivity index (χ1n) is 11.3. The van der Waals surface area contributed by atoms with Crippen molar-refractivity contribution in [2.45, 2.75) is 20.3 Å². The molecule has 0 unspecified atom stereocenters. The van der Waals surface area contributed by atoms with Crippen molar-refractivity contribution >= 4 is 49.4 Å². The summed E-state index contributed by atoms with van der Waals surface area (Å²) in [7, 11) is 0. The van der Waals surface area contributed by atoms with Crippen LogP contribution in [0.1, 0.15) is 18.1 Å². The average molecular weight is 499 g/mol. The fourth-order valence-corrected chi connectivity index (χ4v) is 4.44. The zero-order valence-corrected chi connectivity index (χ0v) is 19.9. The molecule has 0 aliphatic rings. The molecule has 5 rings (SSSR count). The Morgan fingerprint density at radius 2 is 1.24 bits per heavy atom. The van der Waals surface area contributed by atoms with Gasteiger partial charge in [-0.25, -0.2) is 0 Å². The average Bonchev–Trinajstić information content (AvgIpc) is 2.87. The normalized spacial score (nSPS) is 10.8. The number of nitro groups is 3. The number of nitro benzene ring substituents is 3. The minimum absolute atomic E-state index is 0.447. The van der Waals surface area contributed by atoms with Gasteiger partial charge in [-0.05, 0) is 68.9 Å². The molecule has 0 saturated heterocycles. The van der Waals surface area contributed by atoms with E-state index in [9.17, 15) is 30.3 Å². The molecule has 0 saturated carbocycles. The number of rotatable bonds is 4. The summed E-state index contributed by atoms with van der Waals surface area (Å²) in [4.78, 5) is 27.8. The molecule has 10 heteroatoms. The van der Waals surface area contributed by atoms with Crippen molar-refractivity contribution < 1.29 is 19.9 Å². The van der Waals surface area contributed by atoms with Gasteiger partial charge in [0, 0.05) is 0 Å². The van der Waals surface area contributed by atoms with Gasteiger partial charge in [0.15, 0.2) is 0 Å². The molecule has 5 aromatic carbocycles. The number of phenols is 1. The van der Waals surface area contributed by atoms with Gasteiger partial charge in [-0.1, -0.05) is 55.5 Å². The molecule has 0 bridgehead atoms. The van der Waals surface area contributed by atoms with Gasteiger partial charge in [0.2, 0.25) is 0 Å². The first-order valence-corrected chi connectivity index (χ1v) is 11.3. The molecular weight excluding hydrogens is 478 g/mol. The third kappa shape index (κ3) is 4.72. The van der Waals surface area contributed by atoms with Gasteiger partial charge >= 0.3 is 11.4 Å². The summed E-state index contributed by atoms with van der Waals surface area (Å²) in [5.74, 6) is -1.21. The number of aromatic hydroxyl groups is 1.